The largest absolute Gasteiger partial charge is 0.385 e. The third-order valence-corrected chi connectivity index (χ3v) is 7.50. The maximum atomic E-state index is 13.5. The number of fused-ring (bicyclic) bond motifs is 3. The van der Waals surface area contributed by atoms with Gasteiger partial charge in [0.15, 0.2) is 0 Å². The molecule has 1 amide bonds. The Morgan fingerprint density at radius 3 is 2.71 bits per heavy atom. The Kier molecular flexibility index (Phi) is 7.91. The lowest BCUT2D eigenvalue weighted by Crippen LogP contribution is -2.38. The van der Waals surface area contributed by atoms with Crippen LogP contribution in [0.3, 0.4) is 0 Å². The molecule has 2 aliphatic rings. The van der Waals surface area contributed by atoms with Crippen LogP contribution in [0.1, 0.15) is 67.9 Å². The molecule has 1 N–H and O–H groups in total. The molecule has 8 heteroatoms. The molecule has 0 saturated carbocycles. The minimum absolute atomic E-state index is 0. The fraction of sp³-hybridized carbons (Fsp3) is 0.593. The molecule has 1 aromatic carbocycles. The summed E-state index contributed by atoms with van der Waals surface area (Å²) in [5.41, 5.74) is 2.96. The lowest BCUT2D eigenvalue weighted by molar-refractivity contribution is 0.0684. The van der Waals surface area contributed by atoms with E-state index in [9.17, 15) is 9.59 Å². The molecule has 0 unspecified atom stereocenters. The molecule has 4 heterocycles. The summed E-state index contributed by atoms with van der Waals surface area (Å²) in [6.45, 7) is 5.64. The first-order valence-corrected chi connectivity index (χ1v) is 12.5. The number of carbonyl (C=O) groups is 1. The van der Waals surface area contributed by atoms with E-state index >= 15 is 0 Å². The summed E-state index contributed by atoms with van der Waals surface area (Å²) in [6, 6.07) is 3.98. The molecule has 2 aliphatic heterocycles. The van der Waals surface area contributed by atoms with E-state index in [1.54, 1.807) is 13.3 Å². The number of hydrogen-bond acceptors (Lipinski definition) is 5. The van der Waals surface area contributed by atoms with Crippen molar-refractivity contribution in [2.24, 2.45) is 5.92 Å². The van der Waals surface area contributed by atoms with E-state index < -0.39 is 0 Å². The average Bonchev–Trinajstić information content (AvgIpc) is 3.52. The number of benzene rings is 1. The standard InChI is InChI=1S/C26H34N4O4.CH4/c1-17-13-23-21(24-22(25(31)28-23)15-27-30(24)19-8-12-34-16-19)14-20(17)26(32)29-9-6-18(7-10-29)5-3-4-11-33-2;/h13-15,18-19H,3-12,16H2,1-2H3,(H,28,31);1H4/t19-;/m1./s1. The summed E-state index contributed by atoms with van der Waals surface area (Å²) in [7, 11) is 1.75. The van der Waals surface area contributed by atoms with Crippen molar-refractivity contribution in [3.8, 4) is 0 Å². The van der Waals surface area contributed by atoms with E-state index in [2.05, 4.69) is 10.1 Å². The number of piperidine rings is 1. The van der Waals surface area contributed by atoms with Crippen LogP contribution >= 0.6 is 0 Å². The number of amides is 1. The highest BCUT2D eigenvalue weighted by Crippen LogP contribution is 2.30. The predicted octanol–water partition coefficient (Wildman–Crippen LogP) is 4.45. The summed E-state index contributed by atoms with van der Waals surface area (Å²) in [4.78, 5) is 31.2. The highest BCUT2D eigenvalue weighted by Gasteiger charge is 2.26. The number of H-pyrrole nitrogens is 1. The van der Waals surface area contributed by atoms with Crippen molar-refractivity contribution < 1.29 is 14.3 Å². The Balaban J connectivity index is 0.00000289. The number of hydrogen-bond donors (Lipinski definition) is 1. The van der Waals surface area contributed by atoms with Gasteiger partial charge in [-0.05, 0) is 56.2 Å². The SMILES string of the molecule is C.COCCCCC1CCN(C(=O)c2cc3c(cc2C)[nH]c(=O)c2cnn([C@@H]4CCOC4)c23)CC1. The van der Waals surface area contributed by atoms with Crippen molar-refractivity contribution >= 4 is 27.7 Å². The van der Waals surface area contributed by atoms with Crippen molar-refractivity contribution in [1.29, 1.82) is 0 Å². The number of aromatic amines is 1. The van der Waals surface area contributed by atoms with Crippen LogP contribution in [0, 0.1) is 12.8 Å². The number of nitrogens with zero attached hydrogens (tertiary/aromatic N) is 3. The highest BCUT2D eigenvalue weighted by atomic mass is 16.5. The van der Waals surface area contributed by atoms with Crippen molar-refractivity contribution in [2.45, 2.75) is 58.9 Å². The monoisotopic (exact) mass is 482 g/mol. The van der Waals surface area contributed by atoms with Crippen LogP contribution in [0.5, 0.6) is 0 Å². The summed E-state index contributed by atoms with van der Waals surface area (Å²) in [6.07, 6.45) is 8.10. The molecule has 2 aromatic heterocycles. The smallest absolute Gasteiger partial charge is 0.259 e. The van der Waals surface area contributed by atoms with Crippen molar-refractivity contribution in [3.63, 3.8) is 0 Å². The summed E-state index contributed by atoms with van der Waals surface area (Å²) in [5.74, 6) is 0.762. The Labute approximate surface area is 206 Å². The molecule has 2 saturated heterocycles. The van der Waals surface area contributed by atoms with Crippen molar-refractivity contribution in [1.82, 2.24) is 19.7 Å². The molecule has 0 radical (unpaired) electrons. The number of methoxy groups -OCH3 is 1. The third kappa shape index (κ3) is 5.00. The summed E-state index contributed by atoms with van der Waals surface area (Å²) < 4.78 is 12.6. The molecule has 35 heavy (non-hydrogen) atoms. The molecule has 5 rings (SSSR count). The maximum Gasteiger partial charge on any atom is 0.259 e. The van der Waals surface area contributed by atoms with Gasteiger partial charge in [0.1, 0.15) is 0 Å². The molecule has 0 spiro atoms. The Hall–Kier alpha value is -2.71. The topological polar surface area (TPSA) is 89.5 Å². The Morgan fingerprint density at radius 1 is 1.20 bits per heavy atom. The average molecular weight is 483 g/mol. The summed E-state index contributed by atoms with van der Waals surface area (Å²) >= 11 is 0. The van der Waals surface area contributed by atoms with Crippen LogP contribution < -0.4 is 5.56 Å². The van der Waals surface area contributed by atoms with E-state index in [4.69, 9.17) is 9.47 Å². The lowest BCUT2D eigenvalue weighted by Gasteiger charge is -2.32. The van der Waals surface area contributed by atoms with Crippen LogP contribution in [0.15, 0.2) is 23.1 Å². The van der Waals surface area contributed by atoms with Gasteiger partial charge in [0, 0.05) is 44.4 Å². The first-order chi connectivity index (χ1) is 16.6. The number of unbranched alkanes of at least 4 members (excludes halogenated alkanes) is 1. The van der Waals surface area contributed by atoms with Crippen LogP contribution in [0.2, 0.25) is 0 Å². The van der Waals surface area contributed by atoms with Gasteiger partial charge in [0.25, 0.3) is 11.5 Å². The van der Waals surface area contributed by atoms with Gasteiger partial charge in [-0.1, -0.05) is 20.3 Å². The second-order valence-corrected chi connectivity index (χ2v) is 9.76. The minimum atomic E-state index is -0.154. The van der Waals surface area contributed by atoms with Crippen molar-refractivity contribution in [3.05, 3.63) is 39.8 Å². The van der Waals surface area contributed by atoms with Gasteiger partial charge in [-0.25, -0.2) is 0 Å². The number of rotatable bonds is 7. The highest BCUT2D eigenvalue weighted by molar-refractivity contribution is 6.07. The zero-order chi connectivity index (χ0) is 23.7. The molecule has 3 aromatic rings. The van der Waals surface area contributed by atoms with E-state index in [-0.39, 0.29) is 24.9 Å². The number of aromatic nitrogens is 3. The lowest BCUT2D eigenvalue weighted by atomic mass is 9.91. The van der Waals surface area contributed by atoms with Gasteiger partial charge >= 0.3 is 0 Å². The number of pyridine rings is 1. The number of aryl methyl sites for hydroxylation is 1. The molecular weight excluding hydrogens is 444 g/mol. The van der Waals surface area contributed by atoms with Gasteiger partial charge in [-0.2, -0.15) is 5.10 Å². The van der Waals surface area contributed by atoms with Crippen LogP contribution in [0.4, 0.5) is 0 Å². The van der Waals surface area contributed by atoms with Gasteiger partial charge in [0.05, 0.1) is 35.3 Å². The fourth-order valence-corrected chi connectivity index (χ4v) is 5.49. The summed E-state index contributed by atoms with van der Waals surface area (Å²) in [5, 5.41) is 5.95. The quantitative estimate of drug-likeness (QED) is 0.503. The molecule has 190 valence electrons. The predicted molar refractivity (Wildman–Crippen MR) is 138 cm³/mol. The first-order valence-electron chi connectivity index (χ1n) is 12.5. The number of carbonyl (C=O) groups excluding carboxylic acids is 1. The number of ether oxygens (including phenoxy) is 2. The molecule has 2 fully saturated rings. The van der Waals surface area contributed by atoms with E-state index in [0.717, 1.165) is 67.4 Å². The van der Waals surface area contributed by atoms with Gasteiger partial charge in [-0.15, -0.1) is 0 Å². The Bertz CT molecular complexity index is 1230. The molecule has 1 atom stereocenters. The van der Waals surface area contributed by atoms with Gasteiger partial charge < -0.3 is 19.4 Å². The molecule has 0 aliphatic carbocycles. The normalized spacial score (nSPS) is 18.9. The minimum Gasteiger partial charge on any atom is -0.385 e. The van der Waals surface area contributed by atoms with Crippen LogP contribution in [-0.4, -0.2) is 65.6 Å². The molecular formula is C27H38N4O4. The fourth-order valence-electron chi connectivity index (χ4n) is 5.49. The zero-order valence-electron chi connectivity index (χ0n) is 20.1. The van der Waals surface area contributed by atoms with Crippen molar-refractivity contribution in [2.75, 3.05) is 40.0 Å². The van der Waals surface area contributed by atoms with E-state index in [1.807, 2.05) is 28.6 Å². The molecule has 8 nitrogen and oxygen atoms in total. The number of likely N-dealkylation sites (tertiary alicyclic amines) is 1. The third-order valence-electron chi connectivity index (χ3n) is 7.50. The maximum absolute atomic E-state index is 13.5. The Morgan fingerprint density at radius 2 is 2.00 bits per heavy atom. The second-order valence-electron chi connectivity index (χ2n) is 9.76. The zero-order valence-corrected chi connectivity index (χ0v) is 20.1. The van der Waals surface area contributed by atoms with Crippen LogP contribution in [0.25, 0.3) is 21.8 Å². The molecule has 0 bridgehead atoms. The first kappa shape index (κ1) is 25.4. The van der Waals surface area contributed by atoms with E-state index in [0.29, 0.717) is 30.1 Å². The second kappa shape index (κ2) is 10.9. The van der Waals surface area contributed by atoms with Gasteiger partial charge in [-0.3, -0.25) is 14.3 Å². The van der Waals surface area contributed by atoms with E-state index in [1.165, 1.54) is 12.8 Å². The number of nitrogens with one attached hydrogen (secondary N) is 1. The van der Waals surface area contributed by atoms with Gasteiger partial charge in [0.2, 0.25) is 0 Å². The van der Waals surface area contributed by atoms with Crippen LogP contribution in [-0.2, 0) is 9.47 Å².